The Morgan fingerprint density at radius 2 is 2.26 bits per heavy atom. The molecule has 1 heterocycles. The Hall–Kier alpha value is -0.580. The molecule has 1 aromatic carbocycles. The molecule has 1 atom stereocenters. The van der Waals surface area contributed by atoms with Gasteiger partial charge in [0.2, 0.25) is 0 Å². The molecule has 1 aromatic rings. The quantitative estimate of drug-likeness (QED) is 0.903. The van der Waals surface area contributed by atoms with Crippen LogP contribution in [0, 0.1) is 0 Å². The van der Waals surface area contributed by atoms with Crippen molar-refractivity contribution >= 4 is 15.9 Å². The predicted octanol–water partition coefficient (Wildman–Crippen LogP) is 3.16. The Labute approximate surface area is 124 Å². The molecule has 0 spiro atoms. The van der Waals surface area contributed by atoms with Crippen LogP contribution in [0.4, 0.5) is 0 Å². The maximum Gasteiger partial charge on any atom is 0.133 e. The van der Waals surface area contributed by atoms with E-state index in [0.717, 1.165) is 28.8 Å². The van der Waals surface area contributed by atoms with Gasteiger partial charge in [-0.25, -0.2) is 0 Å². The van der Waals surface area contributed by atoms with E-state index < -0.39 is 0 Å². The fourth-order valence-electron chi connectivity index (χ4n) is 2.60. The molecular weight excluding hydrogens is 304 g/mol. The molecule has 2 N–H and O–H groups in total. The lowest BCUT2D eigenvalue weighted by molar-refractivity contribution is 0.153. The van der Waals surface area contributed by atoms with Gasteiger partial charge in [0.1, 0.15) is 5.75 Å². The highest BCUT2D eigenvalue weighted by atomic mass is 79.9. The largest absolute Gasteiger partial charge is 0.492 e. The molecule has 1 unspecified atom stereocenters. The van der Waals surface area contributed by atoms with Crippen LogP contribution >= 0.6 is 15.9 Å². The maximum atomic E-state index is 5.87. The van der Waals surface area contributed by atoms with Gasteiger partial charge in [-0.1, -0.05) is 12.5 Å². The number of rotatable bonds is 5. The van der Waals surface area contributed by atoms with Crippen molar-refractivity contribution in [1.29, 1.82) is 0 Å². The minimum atomic E-state index is 0.561. The first-order valence-electron chi connectivity index (χ1n) is 7.02. The zero-order chi connectivity index (χ0) is 13.7. The van der Waals surface area contributed by atoms with Gasteiger partial charge in [0.25, 0.3) is 0 Å². The second kappa shape index (κ2) is 7.27. The standard InChI is InChI=1S/C15H23BrN2O/c1-18-8-3-2-4-13(18)7-9-19-15-6-5-12(11-17)10-14(15)16/h5-6,10,13H,2-4,7-9,11,17H2,1H3. The summed E-state index contributed by atoms with van der Waals surface area (Å²) in [7, 11) is 2.22. The molecule has 19 heavy (non-hydrogen) atoms. The molecule has 0 bridgehead atoms. The van der Waals surface area contributed by atoms with Crippen LogP contribution < -0.4 is 10.5 Å². The Morgan fingerprint density at radius 3 is 2.95 bits per heavy atom. The first-order valence-corrected chi connectivity index (χ1v) is 7.81. The first-order chi connectivity index (χ1) is 9.20. The summed E-state index contributed by atoms with van der Waals surface area (Å²) >= 11 is 3.54. The average molecular weight is 327 g/mol. The molecule has 0 amide bonds. The first kappa shape index (κ1) is 14.8. The molecule has 4 heteroatoms. The highest BCUT2D eigenvalue weighted by Crippen LogP contribution is 2.26. The van der Waals surface area contributed by atoms with Gasteiger partial charge >= 0.3 is 0 Å². The molecule has 106 valence electrons. The van der Waals surface area contributed by atoms with Crippen LogP contribution in [0.15, 0.2) is 22.7 Å². The highest BCUT2D eigenvalue weighted by Gasteiger charge is 2.18. The van der Waals surface area contributed by atoms with E-state index >= 15 is 0 Å². The maximum absolute atomic E-state index is 5.87. The molecule has 0 aromatic heterocycles. The molecule has 1 aliphatic heterocycles. The zero-order valence-electron chi connectivity index (χ0n) is 11.6. The molecule has 1 saturated heterocycles. The predicted molar refractivity (Wildman–Crippen MR) is 82.4 cm³/mol. The number of hydrogen-bond donors (Lipinski definition) is 1. The summed E-state index contributed by atoms with van der Waals surface area (Å²) in [5, 5.41) is 0. The van der Waals surface area contributed by atoms with Crippen LogP contribution in [-0.2, 0) is 6.54 Å². The van der Waals surface area contributed by atoms with Crippen molar-refractivity contribution in [2.24, 2.45) is 5.73 Å². The molecule has 3 nitrogen and oxygen atoms in total. The molecule has 0 radical (unpaired) electrons. The molecule has 2 rings (SSSR count). The van der Waals surface area contributed by atoms with Gasteiger partial charge in [-0.05, 0) is 66.5 Å². The van der Waals surface area contributed by atoms with E-state index in [0.29, 0.717) is 12.6 Å². The fraction of sp³-hybridized carbons (Fsp3) is 0.600. The summed E-state index contributed by atoms with van der Waals surface area (Å²) < 4.78 is 6.87. The van der Waals surface area contributed by atoms with E-state index in [1.165, 1.54) is 25.8 Å². The SMILES string of the molecule is CN1CCCCC1CCOc1ccc(CN)cc1Br. The van der Waals surface area contributed by atoms with Gasteiger partial charge in [0.05, 0.1) is 11.1 Å². The van der Waals surface area contributed by atoms with E-state index in [1.807, 2.05) is 18.2 Å². The average Bonchev–Trinajstić information content (AvgIpc) is 2.42. The lowest BCUT2D eigenvalue weighted by Gasteiger charge is -2.32. The summed E-state index contributed by atoms with van der Waals surface area (Å²) in [4.78, 5) is 2.46. The third kappa shape index (κ3) is 4.20. The van der Waals surface area contributed by atoms with Crippen molar-refractivity contribution in [3.05, 3.63) is 28.2 Å². The molecule has 0 saturated carbocycles. The minimum Gasteiger partial charge on any atom is -0.492 e. The number of piperidine rings is 1. The van der Waals surface area contributed by atoms with E-state index in [2.05, 4.69) is 27.9 Å². The summed E-state index contributed by atoms with van der Waals surface area (Å²) in [6, 6.07) is 6.72. The van der Waals surface area contributed by atoms with Crippen LogP contribution in [0.1, 0.15) is 31.2 Å². The normalized spacial score (nSPS) is 20.5. The highest BCUT2D eigenvalue weighted by molar-refractivity contribution is 9.10. The third-order valence-corrected chi connectivity index (χ3v) is 4.48. The molecule has 1 aliphatic rings. The van der Waals surface area contributed by atoms with Crippen molar-refractivity contribution < 1.29 is 4.74 Å². The summed E-state index contributed by atoms with van der Waals surface area (Å²) in [6.07, 6.45) is 5.08. The third-order valence-electron chi connectivity index (χ3n) is 3.86. The van der Waals surface area contributed by atoms with Crippen molar-refractivity contribution in [1.82, 2.24) is 4.90 Å². The van der Waals surface area contributed by atoms with Crippen molar-refractivity contribution in [3.8, 4) is 5.75 Å². The van der Waals surface area contributed by atoms with Gasteiger partial charge in [0, 0.05) is 12.6 Å². The molecule has 1 fully saturated rings. The van der Waals surface area contributed by atoms with E-state index in [1.54, 1.807) is 0 Å². The van der Waals surface area contributed by atoms with Gasteiger partial charge in [-0.15, -0.1) is 0 Å². The van der Waals surface area contributed by atoms with Crippen LogP contribution in [-0.4, -0.2) is 31.1 Å². The monoisotopic (exact) mass is 326 g/mol. The number of nitrogens with zero attached hydrogens (tertiary/aromatic N) is 1. The van der Waals surface area contributed by atoms with Crippen LogP contribution in [0.25, 0.3) is 0 Å². The van der Waals surface area contributed by atoms with Crippen molar-refractivity contribution in [2.45, 2.75) is 38.3 Å². The van der Waals surface area contributed by atoms with Gasteiger partial charge < -0.3 is 15.4 Å². The lowest BCUT2D eigenvalue weighted by atomic mass is 10.0. The smallest absolute Gasteiger partial charge is 0.133 e. The Kier molecular flexibility index (Phi) is 5.67. The summed E-state index contributed by atoms with van der Waals surface area (Å²) in [5.41, 5.74) is 6.73. The Bertz CT molecular complexity index is 411. The van der Waals surface area contributed by atoms with E-state index in [-0.39, 0.29) is 0 Å². The number of halogens is 1. The number of likely N-dealkylation sites (tertiary alicyclic amines) is 1. The second-order valence-electron chi connectivity index (χ2n) is 5.24. The minimum absolute atomic E-state index is 0.561. The molecular formula is C15H23BrN2O. The van der Waals surface area contributed by atoms with E-state index in [4.69, 9.17) is 10.5 Å². The molecule has 0 aliphatic carbocycles. The van der Waals surface area contributed by atoms with Gasteiger partial charge in [-0.3, -0.25) is 0 Å². The Morgan fingerprint density at radius 1 is 1.42 bits per heavy atom. The van der Waals surface area contributed by atoms with Crippen molar-refractivity contribution in [3.63, 3.8) is 0 Å². The van der Waals surface area contributed by atoms with Gasteiger partial charge in [-0.2, -0.15) is 0 Å². The van der Waals surface area contributed by atoms with Crippen LogP contribution in [0.2, 0.25) is 0 Å². The number of nitrogens with two attached hydrogens (primary N) is 1. The number of hydrogen-bond acceptors (Lipinski definition) is 3. The Balaban J connectivity index is 1.82. The number of benzene rings is 1. The summed E-state index contributed by atoms with van der Waals surface area (Å²) in [5.74, 6) is 0.913. The second-order valence-corrected chi connectivity index (χ2v) is 6.09. The van der Waals surface area contributed by atoms with Crippen LogP contribution in [0.3, 0.4) is 0 Å². The summed E-state index contributed by atoms with van der Waals surface area (Å²) in [6.45, 7) is 2.56. The van der Waals surface area contributed by atoms with Gasteiger partial charge in [0.15, 0.2) is 0 Å². The van der Waals surface area contributed by atoms with E-state index in [9.17, 15) is 0 Å². The van der Waals surface area contributed by atoms with Crippen molar-refractivity contribution in [2.75, 3.05) is 20.2 Å². The zero-order valence-corrected chi connectivity index (χ0v) is 13.2. The van der Waals surface area contributed by atoms with Crippen LogP contribution in [0.5, 0.6) is 5.75 Å². The lowest BCUT2D eigenvalue weighted by Crippen LogP contribution is -2.37. The topological polar surface area (TPSA) is 38.5 Å². The number of ether oxygens (including phenoxy) is 1. The fourth-order valence-corrected chi connectivity index (χ4v) is 3.14.